The Labute approximate surface area is 111 Å². The number of rotatable bonds is 4. The molecule has 1 N–H and O–H groups in total. The topological polar surface area (TPSA) is 51.0 Å². The van der Waals surface area contributed by atoms with Gasteiger partial charge in [0.25, 0.3) is 0 Å². The lowest BCUT2D eigenvalue weighted by Crippen LogP contribution is -1.99. The molecule has 3 rings (SSSR count). The van der Waals surface area contributed by atoms with E-state index in [4.69, 9.17) is 4.52 Å². The number of nitrogens with one attached hydrogen (secondary N) is 1. The molecule has 19 heavy (non-hydrogen) atoms. The number of nitrogens with zero attached hydrogens (tertiary/aromatic N) is 2. The first kappa shape index (κ1) is 11.5. The third-order valence-corrected chi connectivity index (χ3v) is 2.83. The number of aromatic nitrogens is 2. The van der Waals surface area contributed by atoms with E-state index in [-0.39, 0.29) is 0 Å². The molecule has 94 valence electrons. The zero-order chi connectivity index (χ0) is 12.9. The minimum Gasteiger partial charge on any atom is -0.363 e. The first-order chi connectivity index (χ1) is 9.42. The van der Waals surface area contributed by atoms with E-state index in [0.717, 1.165) is 16.9 Å². The summed E-state index contributed by atoms with van der Waals surface area (Å²) >= 11 is 0. The first-order valence-corrected chi connectivity index (χ1v) is 6.05. The van der Waals surface area contributed by atoms with E-state index in [9.17, 15) is 0 Å². The van der Waals surface area contributed by atoms with Gasteiger partial charge in [-0.2, -0.15) is 0 Å². The average molecular weight is 251 g/mol. The summed E-state index contributed by atoms with van der Waals surface area (Å²) in [5.41, 5.74) is 3.46. The monoisotopic (exact) mass is 251 g/mol. The van der Waals surface area contributed by atoms with Gasteiger partial charge in [0.1, 0.15) is 6.26 Å². The van der Waals surface area contributed by atoms with Crippen LogP contribution in [0.4, 0.5) is 5.82 Å². The van der Waals surface area contributed by atoms with Crippen molar-refractivity contribution >= 4 is 5.82 Å². The van der Waals surface area contributed by atoms with E-state index < -0.39 is 0 Å². The smallest absolute Gasteiger partial charge is 0.169 e. The highest BCUT2D eigenvalue weighted by Gasteiger charge is 2.00. The van der Waals surface area contributed by atoms with Gasteiger partial charge in [-0.1, -0.05) is 29.4 Å². The lowest BCUT2D eigenvalue weighted by molar-refractivity contribution is 0.422. The van der Waals surface area contributed by atoms with Crippen LogP contribution in [0.2, 0.25) is 0 Å². The van der Waals surface area contributed by atoms with Gasteiger partial charge in [0.2, 0.25) is 0 Å². The van der Waals surface area contributed by atoms with Crippen LogP contribution in [0.25, 0.3) is 11.1 Å². The Bertz CT molecular complexity index is 636. The van der Waals surface area contributed by atoms with Crippen molar-refractivity contribution in [2.45, 2.75) is 6.54 Å². The molecule has 1 aromatic carbocycles. The second-order valence-electron chi connectivity index (χ2n) is 4.18. The molecule has 0 aliphatic heterocycles. The van der Waals surface area contributed by atoms with Crippen LogP contribution in [0, 0.1) is 0 Å². The highest BCUT2D eigenvalue weighted by molar-refractivity contribution is 5.63. The van der Waals surface area contributed by atoms with Crippen molar-refractivity contribution in [1.29, 1.82) is 0 Å². The highest BCUT2D eigenvalue weighted by atomic mass is 16.5. The molecule has 0 unspecified atom stereocenters. The molecule has 0 atom stereocenters. The van der Waals surface area contributed by atoms with Crippen molar-refractivity contribution < 1.29 is 4.52 Å². The molecule has 4 nitrogen and oxygen atoms in total. The molecule has 0 aliphatic rings. The molecule has 0 saturated carbocycles. The number of anilines is 1. The molecule has 0 fully saturated rings. The average Bonchev–Trinajstić information content (AvgIpc) is 3.00. The van der Waals surface area contributed by atoms with Crippen LogP contribution < -0.4 is 5.32 Å². The molecule has 4 heteroatoms. The molecule has 0 amide bonds. The van der Waals surface area contributed by atoms with Gasteiger partial charge >= 0.3 is 0 Å². The second kappa shape index (κ2) is 5.35. The van der Waals surface area contributed by atoms with Crippen LogP contribution in [0.3, 0.4) is 0 Å². The minimum absolute atomic E-state index is 0.709. The predicted molar refractivity (Wildman–Crippen MR) is 73.5 cm³/mol. The predicted octanol–water partition coefficient (Wildman–Crippen LogP) is 3.35. The van der Waals surface area contributed by atoms with Crippen molar-refractivity contribution in [1.82, 2.24) is 10.1 Å². The largest absolute Gasteiger partial charge is 0.363 e. The third kappa shape index (κ3) is 2.80. The Morgan fingerprint density at radius 2 is 2.00 bits per heavy atom. The van der Waals surface area contributed by atoms with E-state index in [1.54, 1.807) is 18.5 Å². The van der Waals surface area contributed by atoms with Gasteiger partial charge in [0, 0.05) is 25.0 Å². The van der Waals surface area contributed by atoms with E-state index in [0.29, 0.717) is 6.54 Å². The molecule has 0 saturated heterocycles. The maximum absolute atomic E-state index is 4.78. The molecule has 0 aliphatic carbocycles. The summed E-state index contributed by atoms with van der Waals surface area (Å²) < 4.78 is 4.78. The Morgan fingerprint density at radius 3 is 2.79 bits per heavy atom. The molecular weight excluding hydrogens is 238 g/mol. The van der Waals surface area contributed by atoms with E-state index >= 15 is 0 Å². The second-order valence-corrected chi connectivity index (χ2v) is 4.18. The van der Waals surface area contributed by atoms with Crippen molar-refractivity contribution in [2.24, 2.45) is 0 Å². The molecule has 0 spiro atoms. The van der Waals surface area contributed by atoms with Crippen LogP contribution in [-0.2, 0) is 6.54 Å². The maximum atomic E-state index is 4.78. The molecule has 0 radical (unpaired) electrons. The number of hydrogen-bond acceptors (Lipinski definition) is 4. The van der Waals surface area contributed by atoms with Crippen molar-refractivity contribution in [3.63, 3.8) is 0 Å². The zero-order valence-corrected chi connectivity index (χ0v) is 10.3. The van der Waals surface area contributed by atoms with E-state index in [2.05, 4.69) is 39.7 Å². The number of benzene rings is 1. The standard InChI is InChI=1S/C15H13N3O/c1-3-12(10-17-15-6-8-19-18-15)9-13(4-1)14-5-2-7-16-11-14/h1-9,11H,10H2,(H,17,18). The van der Waals surface area contributed by atoms with Crippen LogP contribution in [0.5, 0.6) is 0 Å². The lowest BCUT2D eigenvalue weighted by atomic mass is 10.0. The Balaban J connectivity index is 1.77. The third-order valence-electron chi connectivity index (χ3n) is 2.83. The molecule has 3 aromatic rings. The fourth-order valence-corrected chi connectivity index (χ4v) is 1.89. The Hall–Kier alpha value is -2.62. The summed E-state index contributed by atoms with van der Waals surface area (Å²) in [5.74, 6) is 0.742. The lowest BCUT2D eigenvalue weighted by Gasteiger charge is -2.06. The summed E-state index contributed by atoms with van der Waals surface area (Å²) in [7, 11) is 0. The zero-order valence-electron chi connectivity index (χ0n) is 10.3. The van der Waals surface area contributed by atoms with Crippen molar-refractivity contribution in [3.8, 4) is 11.1 Å². The van der Waals surface area contributed by atoms with E-state index in [1.165, 1.54) is 5.56 Å². The fourth-order valence-electron chi connectivity index (χ4n) is 1.89. The molecule has 2 heterocycles. The van der Waals surface area contributed by atoms with Crippen molar-refractivity contribution in [2.75, 3.05) is 5.32 Å². The van der Waals surface area contributed by atoms with Crippen LogP contribution in [0.15, 0.2) is 65.6 Å². The van der Waals surface area contributed by atoms with Gasteiger partial charge in [-0.3, -0.25) is 4.98 Å². The molecule has 0 bridgehead atoms. The normalized spacial score (nSPS) is 10.3. The maximum Gasteiger partial charge on any atom is 0.169 e. The van der Waals surface area contributed by atoms with Crippen LogP contribution in [0.1, 0.15) is 5.56 Å². The highest BCUT2D eigenvalue weighted by Crippen LogP contribution is 2.19. The van der Waals surface area contributed by atoms with Gasteiger partial charge in [-0.15, -0.1) is 0 Å². The SMILES string of the molecule is c1cncc(-c2cccc(CNc3ccon3)c2)c1. The molecular formula is C15H13N3O. The summed E-state index contributed by atoms with van der Waals surface area (Å²) in [6, 6.07) is 14.1. The van der Waals surface area contributed by atoms with Crippen LogP contribution >= 0.6 is 0 Å². The van der Waals surface area contributed by atoms with Gasteiger partial charge < -0.3 is 9.84 Å². The van der Waals surface area contributed by atoms with Gasteiger partial charge in [-0.25, -0.2) is 0 Å². The summed E-state index contributed by atoms with van der Waals surface area (Å²) in [6.45, 7) is 0.709. The number of hydrogen-bond donors (Lipinski definition) is 1. The fraction of sp³-hybridized carbons (Fsp3) is 0.0667. The molecule has 2 aromatic heterocycles. The van der Waals surface area contributed by atoms with Crippen LogP contribution in [-0.4, -0.2) is 10.1 Å². The van der Waals surface area contributed by atoms with E-state index in [1.807, 2.05) is 18.3 Å². The van der Waals surface area contributed by atoms with Gasteiger partial charge in [0.05, 0.1) is 0 Å². The quantitative estimate of drug-likeness (QED) is 0.772. The van der Waals surface area contributed by atoms with Crippen molar-refractivity contribution in [3.05, 3.63) is 66.7 Å². The number of pyridine rings is 1. The van der Waals surface area contributed by atoms with Gasteiger partial charge in [0.15, 0.2) is 5.82 Å². The first-order valence-electron chi connectivity index (χ1n) is 6.05. The Morgan fingerprint density at radius 1 is 1.05 bits per heavy atom. The Kier molecular flexibility index (Phi) is 3.23. The summed E-state index contributed by atoms with van der Waals surface area (Å²) in [6.07, 6.45) is 5.19. The summed E-state index contributed by atoms with van der Waals surface area (Å²) in [4.78, 5) is 4.14. The minimum atomic E-state index is 0.709. The summed E-state index contributed by atoms with van der Waals surface area (Å²) in [5, 5.41) is 7.01. The van der Waals surface area contributed by atoms with Gasteiger partial charge in [-0.05, 0) is 28.8 Å².